The molecule has 0 aromatic heterocycles. The number of hydrogen-bond acceptors (Lipinski definition) is 2. The molecule has 0 aliphatic rings. The Hall–Kier alpha value is -2.04. The maximum atomic E-state index is 11.8. The topological polar surface area (TPSA) is 78.4 Å². The number of aliphatic carboxylic acids is 1. The van der Waals surface area contributed by atoms with Crippen molar-refractivity contribution in [3.8, 4) is 0 Å². The van der Waals surface area contributed by atoms with Crippen molar-refractivity contribution in [2.75, 3.05) is 11.9 Å². The van der Waals surface area contributed by atoms with Crippen LogP contribution in [0, 0.1) is 19.8 Å². The highest BCUT2D eigenvalue weighted by Gasteiger charge is 2.17. The molecule has 1 rings (SSSR count). The van der Waals surface area contributed by atoms with E-state index in [1.165, 1.54) is 0 Å². The van der Waals surface area contributed by atoms with Crippen LogP contribution in [0.25, 0.3) is 0 Å². The molecule has 0 fully saturated rings. The monoisotopic (exact) mass is 278 g/mol. The van der Waals surface area contributed by atoms with Crippen LogP contribution in [0.4, 0.5) is 10.5 Å². The van der Waals surface area contributed by atoms with Gasteiger partial charge in [0, 0.05) is 12.2 Å². The van der Waals surface area contributed by atoms with Gasteiger partial charge < -0.3 is 15.7 Å². The van der Waals surface area contributed by atoms with Crippen LogP contribution < -0.4 is 10.6 Å². The van der Waals surface area contributed by atoms with E-state index in [-0.39, 0.29) is 12.6 Å². The summed E-state index contributed by atoms with van der Waals surface area (Å²) in [6.45, 7) is 5.89. The highest BCUT2D eigenvalue weighted by Crippen LogP contribution is 2.19. The van der Waals surface area contributed by atoms with Gasteiger partial charge in [-0.1, -0.05) is 31.5 Å². The summed E-state index contributed by atoms with van der Waals surface area (Å²) in [5.74, 6) is -1.41. The van der Waals surface area contributed by atoms with Crippen molar-refractivity contribution in [3.63, 3.8) is 0 Å². The molecule has 0 heterocycles. The molecule has 0 radical (unpaired) electrons. The number of benzene rings is 1. The van der Waals surface area contributed by atoms with E-state index in [4.69, 9.17) is 5.11 Å². The number of carboxylic acids is 1. The Balaban J connectivity index is 2.58. The van der Waals surface area contributed by atoms with Gasteiger partial charge in [-0.15, -0.1) is 0 Å². The summed E-state index contributed by atoms with van der Waals surface area (Å²) in [6.07, 6.45) is 1.33. The number of carboxylic acid groups (broad SMARTS) is 1. The Kier molecular flexibility index (Phi) is 6.03. The molecule has 0 aliphatic carbocycles. The second-order valence-corrected chi connectivity index (χ2v) is 4.93. The molecule has 5 nitrogen and oxygen atoms in total. The van der Waals surface area contributed by atoms with Crippen molar-refractivity contribution < 1.29 is 14.7 Å². The van der Waals surface area contributed by atoms with Gasteiger partial charge in [0.05, 0.1) is 5.92 Å². The first-order valence-electron chi connectivity index (χ1n) is 6.79. The zero-order valence-electron chi connectivity index (χ0n) is 12.2. The number of carbonyl (C=O) groups is 2. The molecular formula is C15H22N2O3. The number of para-hydroxylation sites is 1. The van der Waals surface area contributed by atoms with Gasteiger partial charge in [0.25, 0.3) is 0 Å². The Morgan fingerprint density at radius 1 is 1.25 bits per heavy atom. The van der Waals surface area contributed by atoms with E-state index in [1.54, 1.807) is 0 Å². The molecule has 20 heavy (non-hydrogen) atoms. The second-order valence-electron chi connectivity index (χ2n) is 4.93. The fourth-order valence-electron chi connectivity index (χ4n) is 2.05. The van der Waals surface area contributed by atoms with E-state index in [0.717, 1.165) is 23.2 Å². The lowest BCUT2D eigenvalue weighted by molar-refractivity contribution is -0.141. The second kappa shape index (κ2) is 7.53. The van der Waals surface area contributed by atoms with E-state index >= 15 is 0 Å². The normalized spacial score (nSPS) is 11.8. The number of urea groups is 1. The number of hydrogen-bond donors (Lipinski definition) is 3. The van der Waals surface area contributed by atoms with Crippen molar-refractivity contribution in [1.82, 2.24) is 5.32 Å². The van der Waals surface area contributed by atoms with Crippen LogP contribution in [0.1, 0.15) is 30.9 Å². The first-order chi connectivity index (χ1) is 9.45. The number of nitrogens with one attached hydrogen (secondary N) is 2. The zero-order chi connectivity index (χ0) is 15.1. The molecule has 5 heteroatoms. The van der Waals surface area contributed by atoms with Crippen molar-refractivity contribution in [2.45, 2.75) is 33.6 Å². The van der Waals surface area contributed by atoms with Crippen molar-refractivity contribution >= 4 is 17.7 Å². The molecule has 1 unspecified atom stereocenters. The summed E-state index contributed by atoms with van der Waals surface area (Å²) in [7, 11) is 0. The third kappa shape index (κ3) is 4.57. The molecule has 0 bridgehead atoms. The molecule has 3 N–H and O–H groups in total. The fourth-order valence-corrected chi connectivity index (χ4v) is 2.05. The van der Waals surface area contributed by atoms with Gasteiger partial charge in [-0.2, -0.15) is 0 Å². The molecule has 110 valence electrons. The minimum atomic E-state index is -0.876. The summed E-state index contributed by atoms with van der Waals surface area (Å²) < 4.78 is 0. The van der Waals surface area contributed by atoms with Gasteiger partial charge in [0.1, 0.15) is 0 Å². The van der Waals surface area contributed by atoms with Crippen molar-refractivity contribution in [3.05, 3.63) is 29.3 Å². The van der Waals surface area contributed by atoms with Crippen molar-refractivity contribution in [2.24, 2.45) is 5.92 Å². The number of carbonyl (C=O) groups excluding carboxylic acids is 1. The summed E-state index contributed by atoms with van der Waals surface area (Å²) in [6, 6.07) is 5.39. The molecule has 0 aliphatic heterocycles. The van der Waals surface area contributed by atoms with E-state index in [0.29, 0.717) is 6.42 Å². The van der Waals surface area contributed by atoms with E-state index < -0.39 is 11.9 Å². The SMILES string of the molecule is CCCC(CNC(=O)Nc1c(C)cccc1C)C(=O)O. The quantitative estimate of drug-likeness (QED) is 0.748. The average Bonchev–Trinajstić information content (AvgIpc) is 2.38. The summed E-state index contributed by atoms with van der Waals surface area (Å²) in [4.78, 5) is 22.8. The largest absolute Gasteiger partial charge is 0.481 e. The lowest BCUT2D eigenvalue weighted by Gasteiger charge is -2.15. The lowest BCUT2D eigenvalue weighted by atomic mass is 10.0. The molecule has 1 atom stereocenters. The first-order valence-corrected chi connectivity index (χ1v) is 6.79. The molecule has 0 saturated carbocycles. The smallest absolute Gasteiger partial charge is 0.319 e. The van der Waals surface area contributed by atoms with Gasteiger partial charge in [-0.3, -0.25) is 4.79 Å². The number of anilines is 1. The third-order valence-corrected chi connectivity index (χ3v) is 3.22. The lowest BCUT2D eigenvalue weighted by Crippen LogP contribution is -2.36. The van der Waals surface area contributed by atoms with Crippen LogP contribution in [0.5, 0.6) is 0 Å². The first kappa shape index (κ1) is 16.0. The third-order valence-electron chi connectivity index (χ3n) is 3.22. The minimum absolute atomic E-state index is 0.139. The van der Waals surface area contributed by atoms with Crippen LogP contribution in [0.3, 0.4) is 0 Å². The van der Waals surface area contributed by atoms with E-state index in [2.05, 4.69) is 10.6 Å². The molecule has 0 saturated heterocycles. The molecule has 2 amide bonds. The fraction of sp³-hybridized carbons (Fsp3) is 0.467. The summed E-state index contributed by atoms with van der Waals surface area (Å²) >= 11 is 0. The van der Waals surface area contributed by atoms with Gasteiger partial charge in [0.15, 0.2) is 0 Å². The highest BCUT2D eigenvalue weighted by molar-refractivity contribution is 5.91. The average molecular weight is 278 g/mol. The van der Waals surface area contributed by atoms with Crippen LogP contribution >= 0.6 is 0 Å². The minimum Gasteiger partial charge on any atom is -0.481 e. The van der Waals surface area contributed by atoms with Crippen LogP contribution in [-0.4, -0.2) is 23.7 Å². The molecule has 1 aromatic carbocycles. The van der Waals surface area contributed by atoms with E-state index in [9.17, 15) is 9.59 Å². The van der Waals surface area contributed by atoms with Gasteiger partial charge >= 0.3 is 12.0 Å². The Labute approximate surface area is 119 Å². The molecule has 1 aromatic rings. The Morgan fingerprint density at radius 2 is 1.85 bits per heavy atom. The Bertz CT molecular complexity index is 466. The predicted octanol–water partition coefficient (Wildman–Crippen LogP) is 2.93. The molecular weight excluding hydrogens is 256 g/mol. The Morgan fingerprint density at radius 3 is 2.35 bits per heavy atom. The maximum absolute atomic E-state index is 11.8. The van der Waals surface area contributed by atoms with Gasteiger partial charge in [-0.05, 0) is 31.4 Å². The van der Waals surface area contributed by atoms with E-state index in [1.807, 2.05) is 39.0 Å². The number of rotatable bonds is 6. The van der Waals surface area contributed by atoms with Crippen LogP contribution in [-0.2, 0) is 4.79 Å². The van der Waals surface area contributed by atoms with Gasteiger partial charge in [-0.25, -0.2) is 4.79 Å². The number of amides is 2. The summed E-state index contributed by atoms with van der Waals surface area (Å²) in [5.41, 5.74) is 2.72. The predicted molar refractivity (Wildman–Crippen MR) is 79.0 cm³/mol. The highest BCUT2D eigenvalue weighted by atomic mass is 16.4. The number of aryl methyl sites for hydroxylation is 2. The standard InChI is InChI=1S/C15H22N2O3/c1-4-6-12(14(18)19)9-16-15(20)17-13-10(2)7-5-8-11(13)3/h5,7-8,12H,4,6,9H2,1-3H3,(H,18,19)(H2,16,17,20). The zero-order valence-corrected chi connectivity index (χ0v) is 12.2. The van der Waals surface area contributed by atoms with Crippen LogP contribution in [0.15, 0.2) is 18.2 Å². The summed E-state index contributed by atoms with van der Waals surface area (Å²) in [5, 5.41) is 14.4. The molecule has 0 spiro atoms. The van der Waals surface area contributed by atoms with Gasteiger partial charge in [0.2, 0.25) is 0 Å². The maximum Gasteiger partial charge on any atom is 0.319 e. The van der Waals surface area contributed by atoms with Crippen molar-refractivity contribution in [1.29, 1.82) is 0 Å². The van der Waals surface area contributed by atoms with Crippen LogP contribution in [0.2, 0.25) is 0 Å².